The van der Waals surface area contributed by atoms with Gasteiger partial charge in [-0.15, -0.1) is 0 Å². The van der Waals surface area contributed by atoms with Crippen molar-refractivity contribution in [3.63, 3.8) is 0 Å². The van der Waals surface area contributed by atoms with Gasteiger partial charge in [-0.3, -0.25) is 10.1 Å². The van der Waals surface area contributed by atoms with Crippen LogP contribution in [0.3, 0.4) is 0 Å². The van der Waals surface area contributed by atoms with Gasteiger partial charge in [-0.05, 0) is 49.1 Å². The number of nitrogens with zero attached hydrogens (tertiary/aromatic N) is 1. The van der Waals surface area contributed by atoms with E-state index in [0.29, 0.717) is 29.6 Å². The highest BCUT2D eigenvalue weighted by molar-refractivity contribution is 6.10. The predicted molar refractivity (Wildman–Crippen MR) is 118 cm³/mol. The minimum atomic E-state index is -0.308. The number of ether oxygens (including phenoxy) is 3. The summed E-state index contributed by atoms with van der Waals surface area (Å²) in [6.45, 7) is 3.35. The minimum absolute atomic E-state index is 0.0811. The molecule has 1 aliphatic heterocycles. The molecule has 160 valence electrons. The van der Waals surface area contributed by atoms with Crippen LogP contribution in [0.4, 0.5) is 5.69 Å². The molecule has 0 saturated carbocycles. The average molecular weight is 412 g/mol. The first kappa shape index (κ1) is 21.6. The molecule has 2 aromatic carbocycles. The zero-order chi connectivity index (χ0) is 21.3. The Balaban J connectivity index is 1.80. The van der Waals surface area contributed by atoms with Crippen molar-refractivity contribution in [2.45, 2.75) is 32.3 Å². The fraction of sp³-hybridized carbons (Fsp3) is 0.391. The Morgan fingerprint density at radius 1 is 1.17 bits per heavy atom. The van der Waals surface area contributed by atoms with E-state index in [1.807, 2.05) is 18.2 Å². The van der Waals surface area contributed by atoms with Crippen LogP contribution in [0.2, 0.25) is 0 Å². The van der Waals surface area contributed by atoms with Crippen LogP contribution >= 0.6 is 0 Å². The number of hydrogen-bond acceptors (Lipinski definition) is 5. The average Bonchev–Trinajstić information content (AvgIpc) is 3.30. The highest BCUT2D eigenvalue weighted by Crippen LogP contribution is 2.22. The van der Waals surface area contributed by atoms with Crippen molar-refractivity contribution in [3.8, 4) is 11.5 Å². The molecule has 1 unspecified atom stereocenters. The lowest BCUT2D eigenvalue weighted by Gasteiger charge is -2.15. The van der Waals surface area contributed by atoms with Crippen LogP contribution in [0.5, 0.6) is 11.5 Å². The second-order valence-corrected chi connectivity index (χ2v) is 7.06. The van der Waals surface area contributed by atoms with Crippen LogP contribution < -0.4 is 20.1 Å². The number of hydrogen-bond donors (Lipinski definition) is 2. The van der Waals surface area contributed by atoms with E-state index in [2.05, 4.69) is 28.6 Å². The second-order valence-electron chi connectivity index (χ2n) is 7.06. The quantitative estimate of drug-likeness (QED) is 0.537. The molecular formula is C23H29N3O4. The van der Waals surface area contributed by atoms with Crippen molar-refractivity contribution < 1.29 is 19.0 Å². The summed E-state index contributed by atoms with van der Waals surface area (Å²) in [4.78, 5) is 17.5. The van der Waals surface area contributed by atoms with Gasteiger partial charge >= 0.3 is 0 Å². The summed E-state index contributed by atoms with van der Waals surface area (Å²) in [5.41, 5.74) is 2.48. The summed E-state index contributed by atoms with van der Waals surface area (Å²) in [7, 11) is 3.10. The molecule has 2 N–H and O–H groups in total. The lowest BCUT2D eigenvalue weighted by atomic mass is 10.1. The van der Waals surface area contributed by atoms with E-state index in [1.165, 1.54) is 5.56 Å². The van der Waals surface area contributed by atoms with Gasteiger partial charge in [0.05, 0.1) is 26.9 Å². The fourth-order valence-corrected chi connectivity index (χ4v) is 3.22. The molecule has 1 aliphatic rings. The van der Waals surface area contributed by atoms with E-state index in [9.17, 15) is 4.79 Å². The van der Waals surface area contributed by atoms with Crippen molar-refractivity contribution in [2.24, 2.45) is 4.99 Å². The summed E-state index contributed by atoms with van der Waals surface area (Å²) in [6.07, 6.45) is 3.02. The second kappa shape index (κ2) is 10.6. The largest absolute Gasteiger partial charge is 0.497 e. The molecule has 1 atom stereocenters. The van der Waals surface area contributed by atoms with Gasteiger partial charge in [0.1, 0.15) is 11.5 Å². The molecule has 1 saturated heterocycles. The van der Waals surface area contributed by atoms with Gasteiger partial charge in [-0.1, -0.05) is 19.1 Å². The van der Waals surface area contributed by atoms with Gasteiger partial charge in [0.2, 0.25) is 5.96 Å². The number of methoxy groups -OCH3 is 2. The Labute approximate surface area is 177 Å². The van der Waals surface area contributed by atoms with Gasteiger partial charge in [0, 0.05) is 23.9 Å². The first-order chi connectivity index (χ1) is 14.6. The number of amides is 1. The molecule has 0 aliphatic carbocycles. The molecule has 0 bridgehead atoms. The molecule has 0 radical (unpaired) electrons. The van der Waals surface area contributed by atoms with Gasteiger partial charge in [-0.25, -0.2) is 4.99 Å². The van der Waals surface area contributed by atoms with Crippen LogP contribution in [0.15, 0.2) is 47.5 Å². The number of benzene rings is 2. The smallest absolute Gasteiger partial charge is 0.258 e. The number of guanidine groups is 1. The van der Waals surface area contributed by atoms with Gasteiger partial charge in [0.15, 0.2) is 0 Å². The number of carbonyl (C=O) groups excluding carboxylic acids is 1. The summed E-state index contributed by atoms with van der Waals surface area (Å²) < 4.78 is 16.2. The molecule has 7 heteroatoms. The van der Waals surface area contributed by atoms with Crippen LogP contribution in [0.1, 0.15) is 35.7 Å². The van der Waals surface area contributed by atoms with Gasteiger partial charge < -0.3 is 19.5 Å². The highest BCUT2D eigenvalue weighted by Gasteiger charge is 2.17. The molecule has 0 spiro atoms. The Morgan fingerprint density at radius 2 is 1.93 bits per heavy atom. The van der Waals surface area contributed by atoms with Crippen LogP contribution in [-0.2, 0) is 11.2 Å². The number of anilines is 1. The topological polar surface area (TPSA) is 81.2 Å². The Kier molecular flexibility index (Phi) is 7.68. The van der Waals surface area contributed by atoms with E-state index in [0.717, 1.165) is 31.6 Å². The van der Waals surface area contributed by atoms with Crippen LogP contribution in [0, 0.1) is 0 Å². The summed E-state index contributed by atoms with van der Waals surface area (Å²) in [5, 5.41) is 6.11. The van der Waals surface area contributed by atoms with Crippen molar-refractivity contribution in [1.82, 2.24) is 5.32 Å². The van der Waals surface area contributed by atoms with Crippen molar-refractivity contribution >= 4 is 17.6 Å². The molecule has 7 nitrogen and oxygen atoms in total. The molecular weight excluding hydrogens is 382 g/mol. The molecule has 30 heavy (non-hydrogen) atoms. The predicted octanol–water partition coefficient (Wildman–Crippen LogP) is 3.64. The molecule has 1 amide bonds. The maximum Gasteiger partial charge on any atom is 0.258 e. The zero-order valence-corrected chi connectivity index (χ0v) is 17.7. The summed E-state index contributed by atoms with van der Waals surface area (Å²) in [5.74, 6) is 1.16. The van der Waals surface area contributed by atoms with Crippen molar-refractivity contribution in [2.75, 3.05) is 32.7 Å². The third-order valence-corrected chi connectivity index (χ3v) is 4.92. The number of rotatable bonds is 7. The molecule has 2 aromatic rings. The van der Waals surface area contributed by atoms with Crippen molar-refractivity contribution in [1.29, 1.82) is 0 Å². The monoisotopic (exact) mass is 411 g/mol. The fourth-order valence-electron chi connectivity index (χ4n) is 3.22. The first-order valence-corrected chi connectivity index (χ1v) is 10.2. The maximum absolute atomic E-state index is 12.9. The summed E-state index contributed by atoms with van der Waals surface area (Å²) in [6, 6.07) is 13.1. The molecule has 1 fully saturated rings. The Hall–Kier alpha value is -3.06. The third kappa shape index (κ3) is 5.97. The van der Waals surface area contributed by atoms with E-state index < -0.39 is 0 Å². The number of nitrogens with one attached hydrogen (secondary N) is 2. The Morgan fingerprint density at radius 3 is 2.57 bits per heavy atom. The standard InChI is InChI=1S/C23H29N3O4/c1-4-16-7-5-8-18(11-16)25-23(24-15-19-9-6-10-30-19)26-22(27)17-12-20(28-2)14-21(13-17)29-3/h5,7-8,11-14,19H,4,6,9-10,15H2,1-3H3,(H2,24,25,26,27). The van der Waals surface area contributed by atoms with E-state index in [4.69, 9.17) is 14.2 Å². The normalized spacial score (nSPS) is 16.2. The van der Waals surface area contributed by atoms with E-state index in [1.54, 1.807) is 32.4 Å². The summed E-state index contributed by atoms with van der Waals surface area (Å²) >= 11 is 0. The number of carbonyl (C=O) groups is 1. The molecule has 1 heterocycles. The number of aryl methyl sites for hydroxylation is 1. The van der Waals surface area contributed by atoms with Crippen LogP contribution in [-0.4, -0.2) is 45.3 Å². The lowest BCUT2D eigenvalue weighted by molar-refractivity contribution is 0.0975. The number of aliphatic imine (C=N–C) groups is 1. The SMILES string of the molecule is CCc1cccc(NC(=NCC2CCCO2)NC(=O)c2cc(OC)cc(OC)c2)c1. The minimum Gasteiger partial charge on any atom is -0.497 e. The maximum atomic E-state index is 12.9. The van der Waals surface area contributed by atoms with Crippen LogP contribution in [0.25, 0.3) is 0 Å². The molecule has 0 aromatic heterocycles. The van der Waals surface area contributed by atoms with Crippen molar-refractivity contribution in [3.05, 3.63) is 53.6 Å². The van der Waals surface area contributed by atoms with Gasteiger partial charge in [0.25, 0.3) is 5.91 Å². The highest BCUT2D eigenvalue weighted by atomic mass is 16.5. The Bertz CT molecular complexity index is 870. The van der Waals surface area contributed by atoms with E-state index in [-0.39, 0.29) is 12.0 Å². The lowest BCUT2D eigenvalue weighted by Crippen LogP contribution is -2.36. The third-order valence-electron chi connectivity index (χ3n) is 4.92. The first-order valence-electron chi connectivity index (χ1n) is 10.2. The van der Waals surface area contributed by atoms with Gasteiger partial charge in [-0.2, -0.15) is 0 Å². The zero-order valence-electron chi connectivity index (χ0n) is 17.7. The van der Waals surface area contributed by atoms with E-state index >= 15 is 0 Å². The molecule has 3 rings (SSSR count).